The Morgan fingerprint density at radius 1 is 1.33 bits per heavy atom. The van der Waals surface area contributed by atoms with E-state index in [0.717, 1.165) is 16.8 Å². The first kappa shape index (κ1) is 11.8. The highest BCUT2D eigenvalue weighted by atomic mass is 35.5. The summed E-state index contributed by atoms with van der Waals surface area (Å²) in [5.41, 5.74) is 9.16. The summed E-state index contributed by atoms with van der Waals surface area (Å²) in [7, 11) is 1.72. The molecule has 2 nitrogen and oxygen atoms in total. The van der Waals surface area contributed by atoms with Gasteiger partial charge in [-0.15, -0.1) is 0 Å². The molecule has 0 aliphatic heterocycles. The van der Waals surface area contributed by atoms with E-state index in [1.54, 1.807) is 14.0 Å². The molecule has 3 heteroatoms. The van der Waals surface area contributed by atoms with Crippen LogP contribution in [0, 0.1) is 6.92 Å². The van der Waals surface area contributed by atoms with Gasteiger partial charge in [0.15, 0.2) is 0 Å². The molecule has 1 aromatic rings. The molecule has 0 aliphatic rings. The number of aryl methyl sites for hydroxylation is 1. The standard InChI is InChI=1S/C12H15ClN2/c1-8-6-4-5-7-10(8)12(15-3)11(13)9(2)14/h4-7H,14H2,1-3H3. The van der Waals surface area contributed by atoms with Crippen molar-refractivity contribution in [3.05, 3.63) is 46.1 Å². The molecule has 0 heterocycles. The topological polar surface area (TPSA) is 38.4 Å². The van der Waals surface area contributed by atoms with Gasteiger partial charge < -0.3 is 5.73 Å². The summed E-state index contributed by atoms with van der Waals surface area (Å²) in [5.74, 6) is 0. The van der Waals surface area contributed by atoms with Crippen molar-refractivity contribution < 1.29 is 0 Å². The van der Waals surface area contributed by atoms with E-state index < -0.39 is 0 Å². The predicted octanol–water partition coefficient (Wildman–Crippen LogP) is 2.84. The number of aliphatic imine (C=N–C) groups is 1. The van der Waals surface area contributed by atoms with E-state index in [-0.39, 0.29) is 0 Å². The van der Waals surface area contributed by atoms with Gasteiger partial charge in [-0.05, 0) is 19.4 Å². The van der Waals surface area contributed by atoms with Gasteiger partial charge >= 0.3 is 0 Å². The second kappa shape index (κ2) is 4.99. The van der Waals surface area contributed by atoms with Crippen LogP contribution in [-0.2, 0) is 0 Å². The van der Waals surface area contributed by atoms with Gasteiger partial charge in [0, 0.05) is 18.3 Å². The van der Waals surface area contributed by atoms with Crippen molar-refractivity contribution in [2.24, 2.45) is 10.7 Å². The summed E-state index contributed by atoms with van der Waals surface area (Å²) in [6.07, 6.45) is 0. The average Bonchev–Trinajstić information content (AvgIpc) is 2.21. The van der Waals surface area contributed by atoms with Crippen LogP contribution < -0.4 is 5.73 Å². The molecule has 0 unspecified atom stereocenters. The zero-order chi connectivity index (χ0) is 11.4. The first-order valence-electron chi connectivity index (χ1n) is 4.73. The number of allylic oxidation sites excluding steroid dienone is 2. The van der Waals surface area contributed by atoms with Crippen LogP contribution in [0.1, 0.15) is 18.1 Å². The van der Waals surface area contributed by atoms with Crippen molar-refractivity contribution in [2.45, 2.75) is 13.8 Å². The van der Waals surface area contributed by atoms with Crippen LogP contribution in [0.15, 0.2) is 40.0 Å². The molecular formula is C12H15ClN2. The maximum atomic E-state index is 6.11. The minimum atomic E-state index is 0.520. The van der Waals surface area contributed by atoms with E-state index in [4.69, 9.17) is 17.3 Å². The smallest absolute Gasteiger partial charge is 0.0849 e. The Morgan fingerprint density at radius 3 is 2.40 bits per heavy atom. The fraction of sp³-hybridized carbons (Fsp3) is 0.250. The fourth-order valence-corrected chi connectivity index (χ4v) is 1.55. The van der Waals surface area contributed by atoms with E-state index >= 15 is 0 Å². The molecule has 15 heavy (non-hydrogen) atoms. The molecule has 0 saturated heterocycles. The van der Waals surface area contributed by atoms with E-state index in [0.29, 0.717) is 10.7 Å². The second-order valence-electron chi connectivity index (χ2n) is 3.38. The highest BCUT2D eigenvalue weighted by molar-refractivity contribution is 6.46. The molecule has 0 fully saturated rings. The van der Waals surface area contributed by atoms with Crippen LogP contribution in [0.2, 0.25) is 0 Å². The molecule has 80 valence electrons. The zero-order valence-electron chi connectivity index (χ0n) is 9.21. The minimum absolute atomic E-state index is 0.520. The van der Waals surface area contributed by atoms with Gasteiger partial charge in [-0.3, -0.25) is 4.99 Å². The van der Waals surface area contributed by atoms with E-state index in [9.17, 15) is 0 Å². The van der Waals surface area contributed by atoms with Crippen LogP contribution in [0.25, 0.3) is 0 Å². The van der Waals surface area contributed by atoms with Crippen molar-refractivity contribution in [3.63, 3.8) is 0 Å². The molecule has 0 spiro atoms. The first-order chi connectivity index (χ1) is 7.07. The normalized spacial score (nSPS) is 13.7. The van der Waals surface area contributed by atoms with Gasteiger partial charge in [-0.2, -0.15) is 0 Å². The van der Waals surface area contributed by atoms with Crippen molar-refractivity contribution in [2.75, 3.05) is 7.05 Å². The summed E-state index contributed by atoms with van der Waals surface area (Å²) in [5, 5.41) is 0.520. The van der Waals surface area contributed by atoms with Gasteiger partial charge in [-0.25, -0.2) is 0 Å². The van der Waals surface area contributed by atoms with Crippen LogP contribution in [0.3, 0.4) is 0 Å². The number of nitrogens with two attached hydrogens (primary N) is 1. The molecule has 0 aromatic heterocycles. The van der Waals surface area contributed by atoms with Crippen LogP contribution >= 0.6 is 11.6 Å². The lowest BCUT2D eigenvalue weighted by Gasteiger charge is -2.09. The number of halogens is 1. The van der Waals surface area contributed by atoms with Crippen molar-refractivity contribution in [1.82, 2.24) is 0 Å². The second-order valence-corrected chi connectivity index (χ2v) is 3.76. The zero-order valence-corrected chi connectivity index (χ0v) is 9.97. The van der Waals surface area contributed by atoms with Gasteiger partial charge in [0.2, 0.25) is 0 Å². The fourth-order valence-electron chi connectivity index (χ4n) is 1.36. The molecule has 2 N–H and O–H groups in total. The molecule has 0 saturated carbocycles. The van der Waals surface area contributed by atoms with Crippen molar-refractivity contribution in [3.8, 4) is 0 Å². The summed E-state index contributed by atoms with van der Waals surface area (Å²) in [4.78, 5) is 4.19. The van der Waals surface area contributed by atoms with Crippen molar-refractivity contribution in [1.29, 1.82) is 0 Å². The van der Waals surface area contributed by atoms with Gasteiger partial charge in [0.25, 0.3) is 0 Å². The maximum absolute atomic E-state index is 6.11. The van der Waals surface area contributed by atoms with Crippen LogP contribution in [-0.4, -0.2) is 12.8 Å². The van der Waals surface area contributed by atoms with Gasteiger partial charge in [-0.1, -0.05) is 35.9 Å². The number of hydrogen-bond donors (Lipinski definition) is 1. The van der Waals surface area contributed by atoms with E-state index in [2.05, 4.69) is 4.99 Å². The van der Waals surface area contributed by atoms with Crippen molar-refractivity contribution >= 4 is 17.3 Å². The van der Waals surface area contributed by atoms with Gasteiger partial charge in [0.1, 0.15) is 0 Å². The third-order valence-electron chi connectivity index (χ3n) is 2.18. The Labute approximate surface area is 95.5 Å². The van der Waals surface area contributed by atoms with E-state index in [1.807, 2.05) is 31.2 Å². The lowest BCUT2D eigenvalue weighted by atomic mass is 10.0. The maximum Gasteiger partial charge on any atom is 0.0849 e. The molecule has 0 atom stereocenters. The Bertz CT molecular complexity index is 415. The monoisotopic (exact) mass is 222 g/mol. The molecule has 0 radical (unpaired) electrons. The highest BCUT2D eigenvalue weighted by Crippen LogP contribution is 2.18. The average molecular weight is 223 g/mol. The number of nitrogens with zero attached hydrogens (tertiary/aromatic N) is 1. The molecule has 0 bridgehead atoms. The molecule has 0 amide bonds. The summed E-state index contributed by atoms with van der Waals surface area (Å²) >= 11 is 6.11. The summed E-state index contributed by atoms with van der Waals surface area (Å²) < 4.78 is 0. The van der Waals surface area contributed by atoms with E-state index in [1.165, 1.54) is 0 Å². The third kappa shape index (κ3) is 2.60. The highest BCUT2D eigenvalue weighted by Gasteiger charge is 2.10. The van der Waals surface area contributed by atoms with Gasteiger partial charge in [0.05, 0.1) is 10.7 Å². The summed E-state index contributed by atoms with van der Waals surface area (Å²) in [6.45, 7) is 3.79. The Balaban J connectivity index is 3.28. The number of hydrogen-bond acceptors (Lipinski definition) is 2. The molecule has 1 rings (SSSR count). The first-order valence-corrected chi connectivity index (χ1v) is 5.10. The predicted molar refractivity (Wildman–Crippen MR) is 66.4 cm³/mol. The lowest BCUT2D eigenvalue weighted by molar-refractivity contribution is 1.30. The quantitative estimate of drug-likeness (QED) is 0.768. The van der Waals surface area contributed by atoms with Crippen LogP contribution in [0.4, 0.5) is 0 Å². The largest absolute Gasteiger partial charge is 0.401 e. The third-order valence-corrected chi connectivity index (χ3v) is 2.66. The number of benzene rings is 1. The molecule has 0 aliphatic carbocycles. The number of rotatable bonds is 2. The minimum Gasteiger partial charge on any atom is -0.401 e. The summed E-state index contributed by atoms with van der Waals surface area (Å²) in [6, 6.07) is 7.96. The lowest BCUT2D eigenvalue weighted by Crippen LogP contribution is -2.08. The SMILES string of the molecule is CN=C(C(Cl)=C(C)N)c1ccccc1C. The Kier molecular flexibility index (Phi) is 3.92. The molecule has 1 aromatic carbocycles. The Morgan fingerprint density at radius 2 is 1.93 bits per heavy atom. The van der Waals surface area contributed by atoms with Crippen LogP contribution in [0.5, 0.6) is 0 Å². The molecular weight excluding hydrogens is 208 g/mol. The Hall–Kier alpha value is -1.28.